The highest BCUT2D eigenvalue weighted by molar-refractivity contribution is 6.20. The highest BCUT2D eigenvalue weighted by atomic mass is 35.5. The van der Waals surface area contributed by atoms with Gasteiger partial charge in [0, 0.05) is 18.8 Å². The molecule has 3 nitrogen and oxygen atoms in total. The zero-order valence-electron chi connectivity index (χ0n) is 9.90. The highest BCUT2D eigenvalue weighted by Gasteiger charge is 2.12. The van der Waals surface area contributed by atoms with Crippen LogP contribution in [0.5, 0.6) is 5.75 Å². The molecule has 4 heteroatoms. The van der Waals surface area contributed by atoms with Gasteiger partial charge in [0.15, 0.2) is 0 Å². The summed E-state index contributed by atoms with van der Waals surface area (Å²) in [5, 5.41) is -0.101. The molecule has 0 amide bonds. The first-order valence-corrected chi connectivity index (χ1v) is 5.91. The van der Waals surface area contributed by atoms with Gasteiger partial charge in [-0.1, -0.05) is 12.1 Å². The molecule has 1 aromatic heterocycles. The van der Waals surface area contributed by atoms with E-state index in [0.29, 0.717) is 6.42 Å². The monoisotopic (exact) mass is 250 g/mol. The Hall–Kier alpha value is -1.48. The number of ether oxygens (including phenoxy) is 1. The van der Waals surface area contributed by atoms with Crippen molar-refractivity contribution in [3.63, 3.8) is 0 Å². The molecule has 1 heterocycles. The van der Waals surface area contributed by atoms with Gasteiger partial charge in [0.1, 0.15) is 11.6 Å². The van der Waals surface area contributed by atoms with E-state index in [1.807, 2.05) is 25.1 Å². The molecule has 1 aromatic carbocycles. The molecule has 0 radical (unpaired) electrons. The summed E-state index contributed by atoms with van der Waals surface area (Å²) in [5.74, 6) is 1.76. The summed E-state index contributed by atoms with van der Waals surface area (Å²) in [6.45, 7) is 2.01. The van der Waals surface area contributed by atoms with Crippen LogP contribution in [0.4, 0.5) is 0 Å². The molecule has 2 aromatic rings. The van der Waals surface area contributed by atoms with Crippen molar-refractivity contribution in [2.24, 2.45) is 0 Å². The molecule has 0 aliphatic carbocycles. The van der Waals surface area contributed by atoms with Gasteiger partial charge >= 0.3 is 0 Å². The summed E-state index contributed by atoms with van der Waals surface area (Å²) in [4.78, 5) is 7.22. The summed E-state index contributed by atoms with van der Waals surface area (Å²) in [5.41, 5.74) is 2.16. The Morgan fingerprint density at radius 2 is 2.29 bits per heavy atom. The third kappa shape index (κ3) is 2.80. The van der Waals surface area contributed by atoms with Crippen molar-refractivity contribution < 1.29 is 4.74 Å². The van der Waals surface area contributed by atoms with E-state index in [4.69, 9.17) is 16.3 Å². The van der Waals surface area contributed by atoms with Crippen LogP contribution in [-0.4, -0.2) is 17.1 Å². The fourth-order valence-corrected chi connectivity index (χ4v) is 2.01. The standard InChI is InChI=1S/C13H15ClN2O/c1-9-3-4-10(7-12(9)17-2)11(14)8-13-15-5-6-16-13/h3-7,11H,8H2,1-2H3,(H,15,16). The second-order valence-electron chi connectivity index (χ2n) is 3.94. The van der Waals surface area contributed by atoms with E-state index in [0.717, 1.165) is 22.7 Å². The summed E-state index contributed by atoms with van der Waals surface area (Å²) in [6, 6.07) is 6.03. The lowest BCUT2D eigenvalue weighted by atomic mass is 10.1. The quantitative estimate of drug-likeness (QED) is 0.846. The van der Waals surface area contributed by atoms with Gasteiger partial charge in [-0.3, -0.25) is 0 Å². The smallest absolute Gasteiger partial charge is 0.122 e. The van der Waals surface area contributed by atoms with Crippen molar-refractivity contribution in [3.05, 3.63) is 47.5 Å². The second kappa shape index (κ2) is 5.23. The lowest BCUT2D eigenvalue weighted by molar-refractivity contribution is 0.411. The Kier molecular flexibility index (Phi) is 3.69. The zero-order chi connectivity index (χ0) is 12.3. The molecule has 1 N–H and O–H groups in total. The number of hydrogen-bond acceptors (Lipinski definition) is 2. The molecule has 0 aliphatic heterocycles. The molecule has 2 rings (SSSR count). The minimum absolute atomic E-state index is 0.101. The highest BCUT2D eigenvalue weighted by Crippen LogP contribution is 2.28. The Labute approximate surface area is 106 Å². The Bertz CT molecular complexity index is 482. The van der Waals surface area contributed by atoms with Crippen LogP contribution in [0.25, 0.3) is 0 Å². The predicted molar refractivity (Wildman–Crippen MR) is 68.6 cm³/mol. The van der Waals surface area contributed by atoms with Crippen LogP contribution in [0.2, 0.25) is 0 Å². The molecule has 1 unspecified atom stereocenters. The molecule has 1 atom stereocenters. The fourth-order valence-electron chi connectivity index (χ4n) is 1.73. The van der Waals surface area contributed by atoms with Gasteiger partial charge in [-0.2, -0.15) is 0 Å². The second-order valence-corrected chi connectivity index (χ2v) is 4.46. The molecule has 17 heavy (non-hydrogen) atoms. The lowest BCUT2D eigenvalue weighted by Gasteiger charge is -2.11. The van der Waals surface area contributed by atoms with E-state index in [9.17, 15) is 0 Å². The van der Waals surface area contributed by atoms with Crippen LogP contribution in [0.15, 0.2) is 30.6 Å². The van der Waals surface area contributed by atoms with Crippen LogP contribution in [0.1, 0.15) is 22.3 Å². The fraction of sp³-hybridized carbons (Fsp3) is 0.308. The maximum Gasteiger partial charge on any atom is 0.122 e. The number of methoxy groups -OCH3 is 1. The van der Waals surface area contributed by atoms with Crippen LogP contribution in [-0.2, 0) is 6.42 Å². The summed E-state index contributed by atoms with van der Waals surface area (Å²) >= 11 is 6.36. The van der Waals surface area contributed by atoms with Crippen LogP contribution in [0.3, 0.4) is 0 Å². The molecule has 0 fully saturated rings. The minimum Gasteiger partial charge on any atom is -0.496 e. The number of benzene rings is 1. The first-order chi connectivity index (χ1) is 8.20. The maximum absolute atomic E-state index is 6.36. The summed E-state index contributed by atoms with van der Waals surface area (Å²) < 4.78 is 5.29. The van der Waals surface area contributed by atoms with Gasteiger partial charge in [-0.15, -0.1) is 11.6 Å². The molecule has 0 spiro atoms. The first-order valence-electron chi connectivity index (χ1n) is 5.47. The Morgan fingerprint density at radius 3 is 2.94 bits per heavy atom. The van der Waals surface area contributed by atoms with E-state index in [1.165, 1.54) is 0 Å². The Balaban J connectivity index is 2.16. The number of aromatic nitrogens is 2. The van der Waals surface area contributed by atoms with Crippen molar-refractivity contribution in [2.45, 2.75) is 18.7 Å². The van der Waals surface area contributed by atoms with Crippen molar-refractivity contribution in [3.8, 4) is 5.75 Å². The van der Waals surface area contributed by atoms with Crippen molar-refractivity contribution in [1.82, 2.24) is 9.97 Å². The maximum atomic E-state index is 6.36. The number of nitrogens with one attached hydrogen (secondary N) is 1. The molecule has 0 saturated heterocycles. The topological polar surface area (TPSA) is 37.9 Å². The number of rotatable bonds is 4. The van der Waals surface area contributed by atoms with Crippen molar-refractivity contribution in [2.75, 3.05) is 7.11 Å². The summed E-state index contributed by atoms with van der Waals surface area (Å²) in [6.07, 6.45) is 4.21. The zero-order valence-corrected chi connectivity index (χ0v) is 10.7. The lowest BCUT2D eigenvalue weighted by Crippen LogP contribution is -1.99. The number of aromatic amines is 1. The van der Waals surface area contributed by atoms with Gasteiger partial charge in [0.25, 0.3) is 0 Å². The minimum atomic E-state index is -0.101. The third-order valence-corrected chi connectivity index (χ3v) is 3.13. The van der Waals surface area contributed by atoms with Gasteiger partial charge in [0.2, 0.25) is 0 Å². The van der Waals surface area contributed by atoms with Gasteiger partial charge in [-0.05, 0) is 24.1 Å². The summed E-state index contributed by atoms with van der Waals surface area (Å²) in [7, 11) is 1.67. The molecule has 0 aliphatic rings. The largest absolute Gasteiger partial charge is 0.496 e. The van der Waals surface area contributed by atoms with Gasteiger partial charge in [-0.25, -0.2) is 4.98 Å². The third-order valence-electron chi connectivity index (χ3n) is 2.72. The van der Waals surface area contributed by atoms with E-state index in [2.05, 4.69) is 9.97 Å². The number of aryl methyl sites for hydroxylation is 1. The van der Waals surface area contributed by atoms with Crippen LogP contribution < -0.4 is 4.74 Å². The number of imidazole rings is 1. The van der Waals surface area contributed by atoms with E-state index in [-0.39, 0.29) is 5.38 Å². The molecule has 0 bridgehead atoms. The van der Waals surface area contributed by atoms with E-state index < -0.39 is 0 Å². The SMILES string of the molecule is COc1cc(C(Cl)Cc2ncc[nH]2)ccc1C. The average Bonchev–Trinajstić information content (AvgIpc) is 2.82. The molecule has 0 saturated carbocycles. The average molecular weight is 251 g/mol. The van der Waals surface area contributed by atoms with E-state index >= 15 is 0 Å². The van der Waals surface area contributed by atoms with Crippen LogP contribution in [0, 0.1) is 6.92 Å². The Morgan fingerprint density at radius 1 is 1.47 bits per heavy atom. The number of halogens is 1. The van der Waals surface area contributed by atoms with Gasteiger partial charge in [0.05, 0.1) is 12.5 Å². The van der Waals surface area contributed by atoms with Gasteiger partial charge < -0.3 is 9.72 Å². The number of alkyl halides is 1. The number of H-pyrrole nitrogens is 1. The normalized spacial score (nSPS) is 12.4. The number of nitrogens with zero attached hydrogens (tertiary/aromatic N) is 1. The molecular weight excluding hydrogens is 236 g/mol. The first kappa shape index (κ1) is 12.0. The number of hydrogen-bond donors (Lipinski definition) is 1. The van der Waals surface area contributed by atoms with Crippen molar-refractivity contribution >= 4 is 11.6 Å². The molecular formula is C13H15ClN2O. The van der Waals surface area contributed by atoms with Crippen molar-refractivity contribution in [1.29, 1.82) is 0 Å². The van der Waals surface area contributed by atoms with E-state index in [1.54, 1.807) is 19.5 Å². The predicted octanol–water partition coefficient (Wildman–Crippen LogP) is 3.25. The van der Waals surface area contributed by atoms with Crippen LogP contribution >= 0.6 is 11.6 Å². The molecule has 90 valence electrons.